The Morgan fingerprint density at radius 1 is 1.00 bits per heavy atom. The van der Waals surface area contributed by atoms with E-state index in [1.165, 1.54) is 81.9 Å². The molecule has 12 atom stereocenters. The molecule has 2 aliphatic heterocycles. The molecule has 6 fully saturated rings. The number of hydrogen-bond acceptors (Lipinski definition) is 4. The van der Waals surface area contributed by atoms with Crippen molar-refractivity contribution >= 4 is 5.97 Å². The van der Waals surface area contributed by atoms with E-state index in [4.69, 9.17) is 4.74 Å². The lowest BCUT2D eigenvalue weighted by Crippen LogP contribution is -2.68. The molecule has 6 aliphatic carbocycles. The highest BCUT2D eigenvalue weighted by atomic mass is 16.5. The number of allylic oxidation sites excluding steroid dienone is 5. The second kappa shape index (κ2) is 11.5. The number of morpholine rings is 1. The van der Waals surface area contributed by atoms with Crippen molar-refractivity contribution in [3.05, 3.63) is 35.5 Å². The molecular weight excluding hydrogens is 592 g/mol. The molecule has 48 heavy (non-hydrogen) atoms. The summed E-state index contributed by atoms with van der Waals surface area (Å²) >= 11 is 0. The molecule has 3 unspecified atom stereocenters. The largest absolute Gasteiger partial charge is 0.481 e. The van der Waals surface area contributed by atoms with Gasteiger partial charge in [-0.3, -0.25) is 9.69 Å². The molecule has 0 radical (unpaired) electrons. The van der Waals surface area contributed by atoms with Gasteiger partial charge in [-0.05, 0) is 153 Å². The molecule has 266 valence electrons. The van der Waals surface area contributed by atoms with Gasteiger partial charge in [-0.1, -0.05) is 58.9 Å². The summed E-state index contributed by atoms with van der Waals surface area (Å²) in [5.74, 6) is 2.70. The Bertz CT molecular complexity index is 1400. The SMILES string of the molecule is C=C(C)[C@@H]1CC[C@]2(NCCN3CC4CC3CO4)CC[C@]3(C)[C@H](CC[C@@H]4[C@@]5(C)CC=C(C6=CCC(C(=O)O)CC6)C(C)(C)[C@@H]5CC[C@]43C)[C@@H]12. The van der Waals surface area contributed by atoms with Gasteiger partial charge in [0, 0.05) is 31.2 Å². The van der Waals surface area contributed by atoms with E-state index in [9.17, 15) is 9.90 Å². The Labute approximate surface area is 291 Å². The van der Waals surface area contributed by atoms with Gasteiger partial charge in [-0.2, -0.15) is 0 Å². The van der Waals surface area contributed by atoms with E-state index in [-0.39, 0.29) is 16.9 Å². The van der Waals surface area contributed by atoms with E-state index in [1.807, 2.05) is 0 Å². The summed E-state index contributed by atoms with van der Waals surface area (Å²) in [6.45, 7) is 24.6. The van der Waals surface area contributed by atoms with Crippen LogP contribution < -0.4 is 5.32 Å². The third-order valence-electron chi connectivity index (χ3n) is 17.6. The van der Waals surface area contributed by atoms with Crippen LogP contribution in [-0.4, -0.2) is 59.9 Å². The van der Waals surface area contributed by atoms with Gasteiger partial charge in [0.05, 0.1) is 18.6 Å². The molecule has 4 saturated carbocycles. The average Bonchev–Trinajstić information content (AvgIpc) is 3.76. The number of nitrogens with one attached hydrogen (secondary N) is 1. The molecule has 0 amide bonds. The minimum atomic E-state index is -0.627. The Morgan fingerprint density at radius 3 is 2.48 bits per heavy atom. The Kier molecular flexibility index (Phi) is 8.10. The fourth-order valence-electron chi connectivity index (χ4n) is 15.1. The molecule has 0 aromatic heterocycles. The Morgan fingerprint density at radius 2 is 1.81 bits per heavy atom. The molecule has 2 heterocycles. The second-order valence-electron chi connectivity index (χ2n) is 19.7. The number of carboxylic acid groups (broad SMARTS) is 1. The molecular formula is C43H66N2O3. The third kappa shape index (κ3) is 4.74. The zero-order valence-corrected chi connectivity index (χ0v) is 31.2. The van der Waals surface area contributed by atoms with Crippen molar-refractivity contribution in [3.8, 4) is 0 Å². The maximum atomic E-state index is 11.7. The topological polar surface area (TPSA) is 61.8 Å². The molecule has 8 rings (SSSR count). The van der Waals surface area contributed by atoms with Crippen LogP contribution in [0.15, 0.2) is 35.5 Å². The molecule has 5 heteroatoms. The Hall–Kier alpha value is -1.43. The highest BCUT2D eigenvalue weighted by Gasteiger charge is 2.70. The third-order valence-corrected chi connectivity index (χ3v) is 17.6. The first kappa shape index (κ1) is 33.7. The first-order valence-electron chi connectivity index (χ1n) is 20.1. The summed E-state index contributed by atoms with van der Waals surface area (Å²) in [4.78, 5) is 14.4. The predicted molar refractivity (Wildman–Crippen MR) is 194 cm³/mol. The molecule has 2 N–H and O–H groups in total. The average molecular weight is 659 g/mol. The molecule has 2 saturated heterocycles. The van der Waals surface area contributed by atoms with Gasteiger partial charge in [-0.25, -0.2) is 0 Å². The summed E-state index contributed by atoms with van der Waals surface area (Å²) in [6, 6.07) is 0.651. The Balaban J connectivity index is 1.05. The van der Waals surface area contributed by atoms with Crippen molar-refractivity contribution in [2.24, 2.45) is 57.2 Å². The van der Waals surface area contributed by atoms with Gasteiger partial charge in [0.2, 0.25) is 0 Å². The number of aliphatic carboxylic acids is 1. The van der Waals surface area contributed by atoms with Gasteiger partial charge in [0.1, 0.15) is 0 Å². The van der Waals surface area contributed by atoms with Crippen molar-refractivity contribution in [1.82, 2.24) is 10.2 Å². The number of carboxylic acids is 1. The van der Waals surface area contributed by atoms with Gasteiger partial charge < -0.3 is 15.2 Å². The highest BCUT2D eigenvalue weighted by Crippen LogP contribution is 2.76. The monoisotopic (exact) mass is 659 g/mol. The summed E-state index contributed by atoms with van der Waals surface area (Å²) in [5.41, 5.74) is 5.85. The van der Waals surface area contributed by atoms with Gasteiger partial charge in [0.25, 0.3) is 0 Å². The maximum Gasteiger partial charge on any atom is 0.306 e. The van der Waals surface area contributed by atoms with E-state index >= 15 is 0 Å². The quantitative estimate of drug-likeness (QED) is 0.268. The zero-order chi connectivity index (χ0) is 33.9. The number of hydrogen-bond donors (Lipinski definition) is 2. The second-order valence-corrected chi connectivity index (χ2v) is 19.7. The molecule has 8 aliphatic rings. The molecule has 0 spiro atoms. The molecule has 0 aromatic rings. The van der Waals surface area contributed by atoms with Crippen LogP contribution in [0.25, 0.3) is 0 Å². The van der Waals surface area contributed by atoms with E-state index in [2.05, 4.69) is 70.5 Å². The van der Waals surface area contributed by atoms with Crippen LogP contribution in [0.5, 0.6) is 0 Å². The summed E-state index contributed by atoms with van der Waals surface area (Å²) in [7, 11) is 0. The lowest BCUT2D eigenvalue weighted by atomic mass is 9.33. The predicted octanol–water partition coefficient (Wildman–Crippen LogP) is 8.81. The standard InChI is InChI=1S/C43H66N2O3/c1-27(2)32-14-19-43(44-22-23-45-25-31-24-30(45)26-48-31)21-20-41(6)34(37(32)43)12-13-36-40(5)17-15-33(28-8-10-29(11-9-28)38(46)47)39(3,4)35(40)16-18-42(36,41)7/h8,15,29-32,34-37,44H,1,9-14,16-26H2,2-7H3,(H,46,47)/t29?,30?,31?,32-,34+,35-,36+,37+,40-,41+,42+,43-/m0/s1. The lowest BCUT2D eigenvalue weighted by molar-refractivity contribution is -0.221. The van der Waals surface area contributed by atoms with Crippen LogP contribution in [-0.2, 0) is 9.53 Å². The van der Waals surface area contributed by atoms with Crippen LogP contribution in [0.4, 0.5) is 0 Å². The lowest BCUT2D eigenvalue weighted by Gasteiger charge is -2.72. The maximum absolute atomic E-state index is 11.7. The first-order chi connectivity index (χ1) is 22.7. The number of carbonyl (C=O) groups is 1. The van der Waals surface area contributed by atoms with Crippen molar-refractivity contribution in [2.75, 3.05) is 26.2 Å². The van der Waals surface area contributed by atoms with Gasteiger partial charge in [0.15, 0.2) is 0 Å². The normalized spacial score (nSPS) is 49.3. The van der Waals surface area contributed by atoms with Crippen LogP contribution >= 0.6 is 0 Å². The molecule has 0 aromatic carbocycles. The first-order valence-corrected chi connectivity index (χ1v) is 20.1. The van der Waals surface area contributed by atoms with Crippen LogP contribution in [0.2, 0.25) is 0 Å². The highest BCUT2D eigenvalue weighted by molar-refractivity contribution is 5.70. The van der Waals surface area contributed by atoms with E-state index in [1.54, 1.807) is 5.57 Å². The summed E-state index contributed by atoms with van der Waals surface area (Å²) in [6.07, 6.45) is 21.0. The summed E-state index contributed by atoms with van der Waals surface area (Å²) < 4.78 is 5.91. The van der Waals surface area contributed by atoms with Crippen LogP contribution in [0.3, 0.4) is 0 Å². The van der Waals surface area contributed by atoms with E-state index < -0.39 is 5.97 Å². The number of ether oxygens (including phenoxy) is 1. The number of rotatable bonds is 7. The number of fused-ring (bicyclic) bond motifs is 9. The fraction of sp³-hybridized carbons (Fsp3) is 0.837. The molecule has 2 bridgehead atoms. The fourth-order valence-corrected chi connectivity index (χ4v) is 15.1. The summed E-state index contributed by atoms with van der Waals surface area (Å²) in [5, 5.41) is 14.0. The van der Waals surface area contributed by atoms with Gasteiger partial charge >= 0.3 is 5.97 Å². The van der Waals surface area contributed by atoms with Crippen molar-refractivity contribution < 1.29 is 14.6 Å². The van der Waals surface area contributed by atoms with E-state index in [0.717, 1.165) is 44.4 Å². The van der Waals surface area contributed by atoms with Crippen molar-refractivity contribution in [3.63, 3.8) is 0 Å². The van der Waals surface area contributed by atoms with Crippen LogP contribution in [0.1, 0.15) is 125 Å². The van der Waals surface area contributed by atoms with Gasteiger partial charge in [-0.15, -0.1) is 0 Å². The van der Waals surface area contributed by atoms with Crippen molar-refractivity contribution in [1.29, 1.82) is 0 Å². The van der Waals surface area contributed by atoms with Crippen molar-refractivity contribution in [2.45, 2.75) is 143 Å². The molecule has 5 nitrogen and oxygen atoms in total. The number of likely N-dealkylation sites (tertiary alicyclic amines) is 1. The zero-order valence-electron chi connectivity index (χ0n) is 31.2. The van der Waals surface area contributed by atoms with Crippen LogP contribution in [0, 0.1) is 57.2 Å². The number of nitrogens with zero attached hydrogens (tertiary/aromatic N) is 1. The minimum Gasteiger partial charge on any atom is -0.481 e. The van der Waals surface area contributed by atoms with E-state index in [0.29, 0.717) is 52.6 Å². The minimum absolute atomic E-state index is 0.122. The smallest absolute Gasteiger partial charge is 0.306 e.